The van der Waals surface area contributed by atoms with Crippen molar-refractivity contribution in [1.29, 1.82) is 0 Å². The van der Waals surface area contributed by atoms with Gasteiger partial charge in [-0.15, -0.1) is 24.0 Å². The van der Waals surface area contributed by atoms with Crippen LogP contribution in [0.15, 0.2) is 29.3 Å². The van der Waals surface area contributed by atoms with E-state index in [2.05, 4.69) is 65.8 Å². The third kappa shape index (κ3) is 6.18. The van der Waals surface area contributed by atoms with Gasteiger partial charge in [0.05, 0.1) is 5.60 Å². The second-order valence-corrected chi connectivity index (χ2v) is 6.25. The molecule has 1 saturated heterocycles. The highest BCUT2D eigenvalue weighted by Gasteiger charge is 2.29. The maximum Gasteiger partial charge on any atom is 0.191 e. The largest absolute Gasteiger partial charge is 0.378 e. The summed E-state index contributed by atoms with van der Waals surface area (Å²) >= 11 is 0. The van der Waals surface area contributed by atoms with E-state index in [4.69, 9.17) is 4.74 Å². The number of anilines is 1. The van der Waals surface area contributed by atoms with Gasteiger partial charge >= 0.3 is 0 Å². The van der Waals surface area contributed by atoms with Crippen molar-refractivity contribution in [3.8, 4) is 0 Å². The molecule has 2 N–H and O–H groups in total. The monoisotopic (exact) mass is 432 g/mol. The molecule has 0 aliphatic carbocycles. The average molecular weight is 432 g/mol. The third-order valence-electron chi connectivity index (χ3n) is 4.04. The first-order chi connectivity index (χ1) is 10.5. The van der Waals surface area contributed by atoms with Crippen LogP contribution < -0.4 is 15.5 Å². The van der Waals surface area contributed by atoms with E-state index < -0.39 is 0 Å². The number of nitrogens with one attached hydrogen (secondary N) is 2. The van der Waals surface area contributed by atoms with Crippen molar-refractivity contribution in [2.75, 3.05) is 39.2 Å². The highest BCUT2D eigenvalue weighted by atomic mass is 127. The first-order valence-electron chi connectivity index (χ1n) is 7.87. The van der Waals surface area contributed by atoms with Gasteiger partial charge in [-0.3, -0.25) is 4.99 Å². The molecule has 1 unspecified atom stereocenters. The van der Waals surface area contributed by atoms with Gasteiger partial charge in [0, 0.05) is 46.5 Å². The minimum absolute atomic E-state index is 0. The highest BCUT2D eigenvalue weighted by molar-refractivity contribution is 14.0. The van der Waals surface area contributed by atoms with E-state index in [1.54, 1.807) is 7.05 Å². The second-order valence-electron chi connectivity index (χ2n) is 6.25. The topological polar surface area (TPSA) is 48.9 Å². The molecular weight excluding hydrogens is 403 g/mol. The Labute approximate surface area is 156 Å². The van der Waals surface area contributed by atoms with E-state index in [1.165, 1.54) is 11.3 Å². The van der Waals surface area contributed by atoms with Crippen LogP contribution in [0, 0.1) is 0 Å². The standard InChI is InChI=1S/C17H28N4O.HI/c1-17(9-6-10-22-17)13-20-16(18-2)19-12-14-7-5-8-15(11-14)21(3)4;/h5,7-8,11H,6,9-10,12-13H2,1-4H3,(H2,18,19,20);1H. The molecule has 130 valence electrons. The first kappa shape index (κ1) is 20.0. The molecule has 1 aromatic carbocycles. The maximum atomic E-state index is 5.79. The number of hydrogen-bond acceptors (Lipinski definition) is 3. The minimum Gasteiger partial charge on any atom is -0.378 e. The number of hydrogen-bond donors (Lipinski definition) is 2. The zero-order valence-corrected chi connectivity index (χ0v) is 16.9. The van der Waals surface area contributed by atoms with Crippen LogP contribution in [0.1, 0.15) is 25.3 Å². The summed E-state index contributed by atoms with van der Waals surface area (Å²) in [5.41, 5.74) is 2.37. The summed E-state index contributed by atoms with van der Waals surface area (Å²) in [6, 6.07) is 8.49. The predicted octanol–water partition coefficient (Wildman–Crippen LogP) is 2.60. The molecule has 5 nitrogen and oxygen atoms in total. The normalized spacial score (nSPS) is 20.8. The van der Waals surface area contributed by atoms with E-state index in [1.807, 2.05) is 0 Å². The fourth-order valence-electron chi connectivity index (χ4n) is 2.60. The SMILES string of the molecule is CN=C(NCc1cccc(N(C)C)c1)NCC1(C)CCCO1.I. The van der Waals surface area contributed by atoms with Gasteiger partial charge in [0.25, 0.3) is 0 Å². The summed E-state index contributed by atoms with van der Waals surface area (Å²) in [6.45, 7) is 4.55. The molecule has 0 aromatic heterocycles. The van der Waals surface area contributed by atoms with Gasteiger partial charge in [0.2, 0.25) is 0 Å². The molecule has 1 aliphatic heterocycles. The van der Waals surface area contributed by atoms with E-state index in [0.717, 1.165) is 38.5 Å². The molecule has 0 spiro atoms. The fourth-order valence-corrected chi connectivity index (χ4v) is 2.60. The molecule has 0 saturated carbocycles. The number of nitrogens with zero attached hydrogens (tertiary/aromatic N) is 2. The van der Waals surface area contributed by atoms with Crippen molar-refractivity contribution in [2.24, 2.45) is 4.99 Å². The lowest BCUT2D eigenvalue weighted by molar-refractivity contribution is 0.0243. The zero-order valence-electron chi connectivity index (χ0n) is 14.6. The van der Waals surface area contributed by atoms with E-state index >= 15 is 0 Å². The summed E-state index contributed by atoms with van der Waals surface area (Å²) in [4.78, 5) is 6.39. The first-order valence-corrected chi connectivity index (χ1v) is 7.87. The van der Waals surface area contributed by atoms with Crippen LogP contribution in [0.3, 0.4) is 0 Å². The lowest BCUT2D eigenvalue weighted by Gasteiger charge is -2.24. The Bertz CT molecular complexity index is 513. The molecule has 1 heterocycles. The number of benzene rings is 1. The van der Waals surface area contributed by atoms with Gasteiger partial charge in [-0.2, -0.15) is 0 Å². The Morgan fingerprint density at radius 2 is 2.13 bits per heavy atom. The quantitative estimate of drug-likeness (QED) is 0.427. The number of aliphatic imine (C=N–C) groups is 1. The van der Waals surface area contributed by atoms with Crippen LogP contribution in [0.25, 0.3) is 0 Å². The Morgan fingerprint density at radius 3 is 2.74 bits per heavy atom. The summed E-state index contributed by atoms with van der Waals surface area (Å²) in [5.74, 6) is 0.812. The molecule has 1 fully saturated rings. The third-order valence-corrected chi connectivity index (χ3v) is 4.04. The molecule has 0 amide bonds. The Kier molecular flexibility index (Phi) is 8.11. The lowest BCUT2D eigenvalue weighted by Crippen LogP contribution is -2.45. The fraction of sp³-hybridized carbons (Fsp3) is 0.588. The van der Waals surface area contributed by atoms with Gasteiger partial charge in [0.1, 0.15) is 0 Å². The molecule has 1 atom stereocenters. The number of ether oxygens (including phenoxy) is 1. The molecule has 23 heavy (non-hydrogen) atoms. The maximum absolute atomic E-state index is 5.79. The highest BCUT2D eigenvalue weighted by Crippen LogP contribution is 2.23. The molecular formula is C17H29IN4O. The molecule has 6 heteroatoms. The molecule has 0 bridgehead atoms. The predicted molar refractivity (Wildman–Crippen MR) is 108 cm³/mol. The molecule has 0 radical (unpaired) electrons. The van der Waals surface area contributed by atoms with Crippen LogP contribution in [-0.2, 0) is 11.3 Å². The van der Waals surface area contributed by atoms with Crippen LogP contribution in [-0.4, -0.2) is 45.9 Å². The zero-order chi connectivity index (χ0) is 16.0. The summed E-state index contributed by atoms with van der Waals surface area (Å²) < 4.78 is 5.79. The van der Waals surface area contributed by atoms with Gasteiger partial charge in [0.15, 0.2) is 5.96 Å². The van der Waals surface area contributed by atoms with Crippen molar-refractivity contribution >= 4 is 35.6 Å². The smallest absolute Gasteiger partial charge is 0.191 e. The Balaban J connectivity index is 0.00000264. The van der Waals surface area contributed by atoms with Crippen LogP contribution in [0.5, 0.6) is 0 Å². The minimum atomic E-state index is -0.0670. The van der Waals surface area contributed by atoms with E-state index in [9.17, 15) is 0 Å². The van der Waals surface area contributed by atoms with Crippen LogP contribution >= 0.6 is 24.0 Å². The number of guanidine groups is 1. The van der Waals surface area contributed by atoms with Gasteiger partial charge in [-0.05, 0) is 37.5 Å². The number of halogens is 1. The van der Waals surface area contributed by atoms with Gasteiger partial charge in [-0.25, -0.2) is 0 Å². The van der Waals surface area contributed by atoms with E-state index in [0.29, 0.717) is 0 Å². The van der Waals surface area contributed by atoms with Crippen LogP contribution in [0.2, 0.25) is 0 Å². The summed E-state index contributed by atoms with van der Waals surface area (Å²) in [7, 11) is 5.90. The van der Waals surface area contributed by atoms with Crippen LogP contribution in [0.4, 0.5) is 5.69 Å². The van der Waals surface area contributed by atoms with Crippen molar-refractivity contribution in [2.45, 2.75) is 31.9 Å². The van der Waals surface area contributed by atoms with Gasteiger partial charge in [-0.1, -0.05) is 12.1 Å². The molecule has 1 aromatic rings. The summed E-state index contributed by atoms with van der Waals surface area (Å²) in [6.07, 6.45) is 2.24. The van der Waals surface area contributed by atoms with Crippen molar-refractivity contribution in [1.82, 2.24) is 10.6 Å². The number of rotatable bonds is 5. The Morgan fingerprint density at radius 1 is 1.35 bits per heavy atom. The average Bonchev–Trinajstić information content (AvgIpc) is 2.95. The van der Waals surface area contributed by atoms with Crippen molar-refractivity contribution < 1.29 is 4.74 Å². The van der Waals surface area contributed by atoms with Gasteiger partial charge < -0.3 is 20.3 Å². The van der Waals surface area contributed by atoms with Crippen molar-refractivity contribution in [3.63, 3.8) is 0 Å². The van der Waals surface area contributed by atoms with Crippen molar-refractivity contribution in [3.05, 3.63) is 29.8 Å². The summed E-state index contributed by atoms with van der Waals surface area (Å²) in [5, 5.41) is 6.72. The Hall–Kier alpha value is -1.02. The lowest BCUT2D eigenvalue weighted by atomic mass is 10.0. The molecule has 1 aliphatic rings. The molecule has 2 rings (SSSR count). The second kappa shape index (κ2) is 9.32. The van der Waals surface area contributed by atoms with E-state index in [-0.39, 0.29) is 29.6 Å².